The Hall–Kier alpha value is -7.42. The molecule has 784 valence electrons. The van der Waals surface area contributed by atoms with Gasteiger partial charge in [-0.2, -0.15) is 0 Å². The number of benzene rings is 7. The molecule has 7 N–H and O–H groups in total. The number of ether oxygens (including phenoxy) is 7. The number of hydrogen-bond donors (Lipinski definition) is 7. The minimum Gasteiger partial charge on any atom is -0.497 e. The van der Waals surface area contributed by atoms with Crippen molar-refractivity contribution in [3.05, 3.63) is 208 Å². The third kappa shape index (κ3) is 36.7. The predicted octanol–water partition coefficient (Wildman–Crippen LogP) is 21.2. The number of nitrogens with zero attached hydrogens (tertiary/aromatic N) is 7. The highest BCUT2D eigenvalue weighted by molar-refractivity contribution is 5.38. The van der Waals surface area contributed by atoms with Crippen LogP contribution in [0, 0.1) is 0 Å². The second-order valence-corrected chi connectivity index (χ2v) is 31.0. The molecule has 0 aliphatic heterocycles. The van der Waals surface area contributed by atoms with Crippen molar-refractivity contribution in [2.24, 2.45) is 0 Å². The molecule has 7 saturated carbocycles. The van der Waals surface area contributed by atoms with E-state index in [1.165, 1.54) is 19.0 Å². The van der Waals surface area contributed by atoms with Gasteiger partial charge in [0, 0.05) is 198 Å². The van der Waals surface area contributed by atoms with Crippen molar-refractivity contribution in [2.75, 3.05) is 194 Å². The first-order chi connectivity index (χ1) is 110. The van der Waals surface area contributed by atoms with Crippen LogP contribution in [0.5, 0.6) is 40.2 Å². The summed E-state index contributed by atoms with van der Waals surface area (Å²) in [6.45, 7) is -41.0. The van der Waals surface area contributed by atoms with Crippen molar-refractivity contribution in [1.29, 1.82) is 0 Å². The summed E-state index contributed by atoms with van der Waals surface area (Å²) in [6, 6.07) is -25.8. The molecule has 0 saturated heterocycles. The van der Waals surface area contributed by atoms with E-state index in [4.69, 9.17) is 180 Å². The fourth-order valence-corrected chi connectivity index (χ4v) is 13.5. The van der Waals surface area contributed by atoms with Crippen molar-refractivity contribution < 1.29 is 218 Å². The fraction of sp³-hybridized carbons (Fsp3) is 0.647. The van der Waals surface area contributed by atoms with E-state index in [0.717, 1.165) is 84.4 Å². The Morgan fingerprint density at radius 3 is 0.657 bits per heavy atom. The molecule has 21 nitrogen and oxygen atoms in total. The standard InChI is InChI=1S/7C17H27NO2/c7*1-18(2)13-16(17(19)11-5-4-6-12-17)14-7-9-15(20-3)10-8-14/h7*7-10,16,19H,4-6,11-13H2,1-3H3/i1D3,4D2,5D2,6D2,7D,8D,9D,10D,11D2,12D2,13D2;1D3,2D3,4D2,5D2,6D2,7D,8D,9D,10D,11D2,12D2;4D2,5D2,6D2,7D,8D,9D,10D,11D2,12D2,13D2;1D3,4D2,5D2,6D2,7D,8D,9D,10D,11D2,12D2;4D2,5D2,6D2,7D,8D,9D,10D,11D2,12D2;1D3,2D3,7D,8D,9D,10D,13D2,16D;1D3,7D,8D,9D,10D,13D2,16D. The second-order valence-electron chi connectivity index (χ2n) is 31.0. The minimum atomic E-state index is -4.43. The molecule has 7 aliphatic carbocycles. The van der Waals surface area contributed by atoms with Gasteiger partial charge in [0.1, 0.15) is 40.2 Å². The summed E-state index contributed by atoms with van der Waals surface area (Å²) in [5.74, 6) is -23.4. The smallest absolute Gasteiger partial charge is 0.118 e. The van der Waals surface area contributed by atoms with E-state index in [1.54, 1.807) is 0 Å². The van der Waals surface area contributed by atoms with Crippen LogP contribution in [0.25, 0.3) is 0 Å². The Labute approximate surface area is 1000 Å². The van der Waals surface area contributed by atoms with Crippen LogP contribution in [-0.4, -0.2) is 303 Å². The van der Waals surface area contributed by atoms with Gasteiger partial charge in [-0.3, -0.25) is 0 Å². The van der Waals surface area contributed by atoms with Crippen molar-refractivity contribution in [2.45, 2.75) is 304 Å². The van der Waals surface area contributed by atoms with E-state index in [-0.39, 0.29) is 41.2 Å². The molecule has 0 radical (unpaired) electrons. The molecule has 0 aromatic heterocycles. The van der Waals surface area contributed by atoms with Gasteiger partial charge in [0.05, 0.1) is 127 Å². The van der Waals surface area contributed by atoms with Gasteiger partial charge >= 0.3 is 0 Å². The molecule has 7 unspecified atom stereocenters. The molecule has 21 heteroatoms. The molecule has 7 aromatic carbocycles. The lowest BCUT2D eigenvalue weighted by atomic mass is 9.72. The molecule has 0 heterocycles. The van der Waals surface area contributed by atoms with Crippen molar-refractivity contribution in [1.82, 2.24) is 34.3 Å². The number of likely N-dealkylation sites (N-methyl/N-ethyl adjacent to an activating group) is 7. The zero-order valence-corrected chi connectivity index (χ0v) is 78.7. The molecule has 0 spiro atoms. The van der Waals surface area contributed by atoms with Crippen LogP contribution < -0.4 is 33.2 Å². The van der Waals surface area contributed by atoms with Gasteiger partial charge < -0.3 is 103 Å². The monoisotopic (exact) mass is 2050 g/mol. The van der Waals surface area contributed by atoms with Crippen molar-refractivity contribution in [3.63, 3.8) is 0 Å². The van der Waals surface area contributed by atoms with Gasteiger partial charge in [-0.25, -0.2) is 0 Å². The number of rotatable bonds is 35. The zero-order valence-electron chi connectivity index (χ0n) is 188. The lowest BCUT2D eigenvalue weighted by Gasteiger charge is -2.40. The molecule has 140 heavy (non-hydrogen) atoms. The Kier molecular flexibility index (Phi) is 15.6. The Bertz CT molecular complexity index is 9870. The summed E-state index contributed by atoms with van der Waals surface area (Å²) >= 11 is 0. The van der Waals surface area contributed by atoms with E-state index >= 15 is 0 Å². The number of methoxy groups -OCH3 is 7. The summed E-state index contributed by atoms with van der Waals surface area (Å²) in [5.41, 5.74) is -31.9. The Balaban J connectivity index is 0.000000342. The zero-order chi connectivity index (χ0) is 198. The summed E-state index contributed by atoms with van der Waals surface area (Å²) in [5, 5.41) is 82.6. The minimum absolute atomic E-state index is 0.0452. The van der Waals surface area contributed by atoms with Crippen molar-refractivity contribution >= 4 is 0 Å². The van der Waals surface area contributed by atoms with Crippen LogP contribution in [0.15, 0.2) is 169 Å². The maximum absolute atomic E-state index is 12.0. The lowest BCUT2D eigenvalue weighted by molar-refractivity contribution is -0.0280. The summed E-state index contributed by atoms with van der Waals surface area (Å²) in [7, 11) is 14.7. The molecule has 7 atom stereocenters. The molecule has 7 aromatic rings. The van der Waals surface area contributed by atoms with Crippen LogP contribution in [0.4, 0.5) is 0 Å². The van der Waals surface area contributed by atoms with Crippen LogP contribution in [0.3, 0.4) is 0 Å². The van der Waals surface area contributed by atoms with E-state index in [0.29, 0.717) is 53.9 Å². The number of aliphatic hydroxyl groups is 7. The van der Waals surface area contributed by atoms with Gasteiger partial charge in [-0.1, -0.05) is 219 Å². The van der Waals surface area contributed by atoms with Crippen LogP contribution in [-0.2, 0) is 0 Å². The summed E-state index contributed by atoms with van der Waals surface area (Å²) in [4.78, 5) is 1.84. The van der Waals surface area contributed by atoms with Crippen LogP contribution >= 0.6 is 0 Å². The van der Waals surface area contributed by atoms with Crippen LogP contribution in [0.2, 0.25) is 0 Å². The molecule has 14 rings (SSSR count). The molecule has 7 fully saturated rings. The van der Waals surface area contributed by atoms with Gasteiger partial charge in [-0.05, 0) is 311 Å². The highest BCUT2D eigenvalue weighted by Crippen LogP contribution is 2.49. The third-order valence-corrected chi connectivity index (χ3v) is 20.2. The first kappa shape index (κ1) is 37.1. The summed E-state index contributed by atoms with van der Waals surface area (Å²) < 4.78 is 927. The Morgan fingerprint density at radius 1 is 0.243 bits per heavy atom. The van der Waals surface area contributed by atoms with E-state index in [1.807, 2.05) is 0 Å². The highest BCUT2D eigenvalue weighted by atomic mass is 16.5. The lowest BCUT2D eigenvalue weighted by Crippen LogP contribution is -2.42. The van der Waals surface area contributed by atoms with Gasteiger partial charge in [0.25, 0.3) is 0 Å². The van der Waals surface area contributed by atoms with Crippen LogP contribution in [0.1, 0.15) is 453 Å². The van der Waals surface area contributed by atoms with Gasteiger partial charge in [0.15, 0.2) is 0 Å². The predicted molar refractivity (Wildman–Crippen MR) is 576 cm³/mol. The maximum atomic E-state index is 12.0. The average molecular weight is 2050 g/mol. The molecule has 0 bridgehead atoms. The Morgan fingerprint density at radius 2 is 0.436 bits per heavy atom. The van der Waals surface area contributed by atoms with E-state index < -0.39 is 582 Å². The normalized spacial score (nSPS) is 41.7. The van der Waals surface area contributed by atoms with Gasteiger partial charge in [0.2, 0.25) is 0 Å². The first-order valence-electron chi connectivity index (χ1n) is 96.5. The number of hydrogen-bond acceptors (Lipinski definition) is 21. The fourth-order valence-electron chi connectivity index (χ4n) is 13.5. The van der Waals surface area contributed by atoms with E-state index in [2.05, 4.69) is 0 Å². The first-order valence-corrected chi connectivity index (χ1v) is 42.0. The van der Waals surface area contributed by atoms with E-state index in [9.17, 15) is 38.5 Å². The SMILES string of the molecule is [2H]c1c([2H])c(C(C([2H])([2H])N(C)C([2H])([2H])[2H])C2(O)C([2H])([2H])C([2H])([2H])C([2H])([2H])C([2H])([2H])C2([2H])[2H])c([2H])c([2H])c1OC.[2H]c1c([2H])c(C(C([2H])([2H])N(C)C)C2(O)C([2H])([2H])C([2H])([2H])C([2H])([2H])C([2H])([2H])C2([2H])[2H])c([2H])c([2H])c1OC.[2H]c1c([2H])c(C(CN(C([2H])([2H])[2H])C([2H])([2H])[2H])C2(O)C([2H])([2H])C([2H])([2H])C([2H])([2H])C([2H])([2H])C2([2H])[2H])c([2H])c([2H])c1OC.[2H]c1c([2H])c(C(CN(C)C([2H])([2H])[2H])C2(O)C([2H])([2H])C([2H])([2H])C([2H])([2H])C([2H])([2H])C2([2H])[2H])c([2H])c([2H])c1OC.[2H]c1c([2H])c(C(CN(C)C)C2(O)C([2H])([2H])C([2H])([2H])C([2H])([2H])C([2H])([2H])C2([2H])[2H])c([2H])c([2H])c1OC.[2H]c1c([2H])c(C([2H])(C2(O)CCCCC2)C([2H])([2H])N(C([2H])([2H])[2H])C([2H])([2H])[2H])c([2H])c([2H])c1OC.[2H]c1c([2H])c(C([2H])(C2(O)CCCCC2)C([2H])([2H])N(C)C([2H])([2H])[2H])c([2H])c([2H])c1OC. The molecular weight excluding hydrogens is 1750 g/mol. The largest absolute Gasteiger partial charge is 0.497 e. The highest BCUT2D eigenvalue weighted by Gasteiger charge is 2.46. The average Bonchev–Trinajstić information content (AvgIpc) is 0.646. The summed E-state index contributed by atoms with van der Waals surface area (Å²) in [6.07, 6.45) is -98.3. The third-order valence-electron chi connectivity index (χ3n) is 20.2. The molecule has 7 aliphatic rings. The topological polar surface area (TPSA) is 229 Å². The maximum Gasteiger partial charge on any atom is 0.118 e. The van der Waals surface area contributed by atoms with Crippen molar-refractivity contribution in [3.8, 4) is 40.2 Å². The van der Waals surface area contributed by atoms with Gasteiger partial charge in [-0.15, -0.1) is 0 Å². The molecule has 0 amide bonds. The quantitative estimate of drug-likeness (QED) is 0.0196. The molecular formula is C119H189N7O14. The second kappa shape index (κ2) is 58.7.